The van der Waals surface area contributed by atoms with Gasteiger partial charge in [0.05, 0.1) is 15.8 Å². The van der Waals surface area contributed by atoms with E-state index >= 15 is 0 Å². The Kier molecular flexibility index (Phi) is 6.09. The van der Waals surface area contributed by atoms with Crippen molar-refractivity contribution < 1.29 is 12.8 Å². The summed E-state index contributed by atoms with van der Waals surface area (Å²) in [5.74, 6) is -0.614. The Balaban J connectivity index is 2.04. The summed E-state index contributed by atoms with van der Waals surface area (Å²) in [6.45, 7) is 0.369. The fourth-order valence-electron chi connectivity index (χ4n) is 1.96. The van der Waals surface area contributed by atoms with E-state index in [1.165, 1.54) is 24.5 Å². The van der Waals surface area contributed by atoms with Crippen molar-refractivity contribution in [3.05, 3.63) is 63.4 Å². The zero-order valence-electron chi connectivity index (χ0n) is 13.2. The van der Waals surface area contributed by atoms with Crippen LogP contribution in [-0.2, 0) is 22.3 Å². The molecular weight excluding hydrogens is 374 g/mol. The highest BCUT2D eigenvalue weighted by Crippen LogP contribution is 2.29. The maximum absolute atomic E-state index is 13.3. The maximum Gasteiger partial charge on any atom is 0.217 e. The smallest absolute Gasteiger partial charge is 0.217 e. The van der Waals surface area contributed by atoms with Crippen LogP contribution < -0.4 is 5.32 Å². The van der Waals surface area contributed by atoms with E-state index in [1.54, 1.807) is 30.3 Å². The lowest BCUT2D eigenvalue weighted by Gasteiger charge is -2.12. The number of sulfonamides is 1. The van der Waals surface area contributed by atoms with E-state index in [4.69, 9.17) is 23.2 Å². The molecule has 0 aliphatic rings. The van der Waals surface area contributed by atoms with Crippen molar-refractivity contribution in [3.63, 3.8) is 0 Å². The molecule has 0 bridgehead atoms. The predicted molar refractivity (Wildman–Crippen MR) is 96.5 cm³/mol. The van der Waals surface area contributed by atoms with E-state index in [1.807, 2.05) is 0 Å². The van der Waals surface area contributed by atoms with Crippen LogP contribution in [0.1, 0.15) is 11.1 Å². The van der Waals surface area contributed by atoms with Gasteiger partial charge < -0.3 is 5.32 Å². The molecule has 0 saturated carbocycles. The van der Waals surface area contributed by atoms with Gasteiger partial charge in [0, 0.05) is 26.3 Å². The summed E-state index contributed by atoms with van der Waals surface area (Å²) in [4.78, 5) is 0. The van der Waals surface area contributed by atoms with Gasteiger partial charge in [-0.25, -0.2) is 17.1 Å². The fourth-order valence-corrected chi connectivity index (χ4v) is 3.23. The lowest BCUT2D eigenvalue weighted by atomic mass is 10.2. The van der Waals surface area contributed by atoms with Crippen LogP contribution in [0.4, 0.5) is 10.1 Å². The zero-order chi connectivity index (χ0) is 17.9. The first kappa shape index (κ1) is 19.0. The molecule has 1 N–H and O–H groups in total. The van der Waals surface area contributed by atoms with Gasteiger partial charge in [-0.3, -0.25) is 0 Å². The summed E-state index contributed by atoms with van der Waals surface area (Å²) < 4.78 is 38.2. The van der Waals surface area contributed by atoms with Gasteiger partial charge in [0.1, 0.15) is 5.82 Å². The Morgan fingerprint density at radius 1 is 1.04 bits per heavy atom. The van der Waals surface area contributed by atoms with E-state index in [0.29, 0.717) is 17.7 Å². The van der Waals surface area contributed by atoms with Crippen LogP contribution in [0.25, 0.3) is 0 Å². The number of hydrogen-bond acceptors (Lipinski definition) is 3. The molecule has 0 amide bonds. The second-order valence-corrected chi connectivity index (χ2v) is 8.36. The summed E-state index contributed by atoms with van der Waals surface area (Å²) >= 11 is 11.8. The quantitative estimate of drug-likeness (QED) is 0.754. The lowest BCUT2D eigenvalue weighted by molar-refractivity contribution is 0.520. The third kappa shape index (κ3) is 4.60. The second kappa shape index (κ2) is 7.70. The highest BCUT2D eigenvalue weighted by molar-refractivity contribution is 7.88. The van der Waals surface area contributed by atoms with Crippen LogP contribution in [0.15, 0.2) is 36.4 Å². The van der Waals surface area contributed by atoms with Gasteiger partial charge in [-0.2, -0.15) is 0 Å². The molecule has 0 spiro atoms. The van der Waals surface area contributed by atoms with E-state index in [0.717, 1.165) is 5.69 Å². The Bertz CT molecular complexity index is 825. The van der Waals surface area contributed by atoms with Crippen molar-refractivity contribution in [2.24, 2.45) is 0 Å². The third-order valence-corrected chi connectivity index (χ3v) is 6.17. The van der Waals surface area contributed by atoms with Crippen molar-refractivity contribution in [1.29, 1.82) is 0 Å². The van der Waals surface area contributed by atoms with Gasteiger partial charge in [0.2, 0.25) is 10.0 Å². The average molecular weight is 391 g/mol. The molecule has 24 heavy (non-hydrogen) atoms. The molecule has 2 rings (SSSR count). The first-order chi connectivity index (χ1) is 11.2. The summed E-state index contributed by atoms with van der Waals surface area (Å²) in [6, 6.07) is 9.86. The van der Waals surface area contributed by atoms with Gasteiger partial charge >= 0.3 is 0 Å². The fraction of sp³-hybridized carbons (Fsp3) is 0.250. The molecule has 4 nitrogen and oxygen atoms in total. The normalized spacial score (nSPS) is 11.8. The largest absolute Gasteiger partial charge is 0.381 e. The molecule has 2 aromatic carbocycles. The van der Waals surface area contributed by atoms with Crippen molar-refractivity contribution >= 4 is 38.9 Å². The number of nitrogens with one attached hydrogen (secondary N) is 1. The Morgan fingerprint density at radius 2 is 1.67 bits per heavy atom. The van der Waals surface area contributed by atoms with Crippen LogP contribution >= 0.6 is 23.2 Å². The van der Waals surface area contributed by atoms with Crippen LogP contribution in [0.2, 0.25) is 10.0 Å². The molecule has 0 aliphatic heterocycles. The van der Waals surface area contributed by atoms with Crippen LogP contribution in [0.3, 0.4) is 0 Å². The van der Waals surface area contributed by atoms with Crippen LogP contribution in [-0.4, -0.2) is 26.8 Å². The monoisotopic (exact) mass is 390 g/mol. The number of rotatable bonds is 6. The SMILES string of the molecule is CN(C)S(=O)(=O)Cc1ccc(NCc2ccc(F)c(Cl)c2Cl)cc1. The predicted octanol–water partition coefficient (Wildman–Crippen LogP) is 4.14. The van der Waals surface area contributed by atoms with Crippen molar-refractivity contribution in [2.45, 2.75) is 12.3 Å². The van der Waals surface area contributed by atoms with Gasteiger partial charge in [0.25, 0.3) is 0 Å². The number of benzene rings is 2. The molecule has 2 aromatic rings. The van der Waals surface area contributed by atoms with E-state index in [-0.39, 0.29) is 15.8 Å². The van der Waals surface area contributed by atoms with E-state index in [2.05, 4.69) is 5.32 Å². The molecule has 0 aromatic heterocycles. The van der Waals surface area contributed by atoms with Crippen LogP contribution in [0, 0.1) is 5.82 Å². The molecule has 0 saturated heterocycles. The van der Waals surface area contributed by atoms with Gasteiger partial charge in [-0.1, -0.05) is 41.4 Å². The van der Waals surface area contributed by atoms with Crippen molar-refractivity contribution in [2.75, 3.05) is 19.4 Å². The van der Waals surface area contributed by atoms with Crippen molar-refractivity contribution in [3.8, 4) is 0 Å². The molecule has 8 heteroatoms. The molecule has 0 aliphatic carbocycles. The standard InChI is InChI=1S/C16H17Cl2FN2O2S/c1-21(2)24(22,23)10-11-3-6-13(7-4-11)20-9-12-5-8-14(19)16(18)15(12)17/h3-8,20H,9-10H2,1-2H3. The highest BCUT2D eigenvalue weighted by atomic mass is 35.5. The molecule has 0 atom stereocenters. The summed E-state index contributed by atoms with van der Waals surface area (Å²) in [5.41, 5.74) is 2.15. The minimum atomic E-state index is -3.29. The van der Waals surface area contributed by atoms with E-state index in [9.17, 15) is 12.8 Å². The summed E-state index contributed by atoms with van der Waals surface area (Å²) in [5, 5.41) is 3.22. The first-order valence-corrected chi connectivity index (χ1v) is 9.42. The number of hydrogen-bond donors (Lipinski definition) is 1. The molecular formula is C16H17Cl2FN2O2S. The van der Waals surface area contributed by atoms with E-state index < -0.39 is 15.8 Å². The number of halogens is 3. The first-order valence-electron chi connectivity index (χ1n) is 7.06. The zero-order valence-corrected chi connectivity index (χ0v) is 15.5. The van der Waals surface area contributed by atoms with Crippen LogP contribution in [0.5, 0.6) is 0 Å². The minimum absolute atomic E-state index is 0.0559. The van der Waals surface area contributed by atoms with Gasteiger partial charge in [0.15, 0.2) is 0 Å². The maximum atomic E-state index is 13.3. The molecule has 0 unspecified atom stereocenters. The number of anilines is 1. The molecule has 0 radical (unpaired) electrons. The van der Waals surface area contributed by atoms with Crippen molar-refractivity contribution in [1.82, 2.24) is 4.31 Å². The van der Waals surface area contributed by atoms with Gasteiger partial charge in [-0.15, -0.1) is 0 Å². The Labute approximate surface area is 151 Å². The molecule has 130 valence electrons. The topological polar surface area (TPSA) is 49.4 Å². The number of nitrogens with zero attached hydrogens (tertiary/aromatic N) is 1. The third-order valence-electron chi connectivity index (χ3n) is 3.46. The minimum Gasteiger partial charge on any atom is -0.381 e. The Hall–Kier alpha value is -1.34. The molecule has 0 fully saturated rings. The summed E-state index contributed by atoms with van der Waals surface area (Å²) in [7, 11) is -0.283. The Morgan fingerprint density at radius 3 is 2.25 bits per heavy atom. The second-order valence-electron chi connectivity index (χ2n) is 5.42. The highest BCUT2D eigenvalue weighted by Gasteiger charge is 2.14. The average Bonchev–Trinajstić information content (AvgIpc) is 2.53. The van der Waals surface area contributed by atoms with Gasteiger partial charge in [-0.05, 0) is 29.3 Å². The lowest BCUT2D eigenvalue weighted by Crippen LogP contribution is -2.23. The molecule has 0 heterocycles. The summed E-state index contributed by atoms with van der Waals surface area (Å²) in [6.07, 6.45) is 0.